The van der Waals surface area contributed by atoms with Gasteiger partial charge >= 0.3 is 5.69 Å². The summed E-state index contributed by atoms with van der Waals surface area (Å²) < 4.78 is 7.64. The van der Waals surface area contributed by atoms with E-state index in [9.17, 15) is 14.9 Å². The number of nitro benzene ring substituents is 1. The van der Waals surface area contributed by atoms with E-state index in [2.05, 4.69) is 5.10 Å². The van der Waals surface area contributed by atoms with Crippen molar-refractivity contribution in [2.45, 2.75) is 33.6 Å². The zero-order valence-corrected chi connectivity index (χ0v) is 17.8. The van der Waals surface area contributed by atoms with Crippen LogP contribution in [0.25, 0.3) is 5.69 Å². The van der Waals surface area contributed by atoms with Crippen molar-refractivity contribution in [1.82, 2.24) is 14.7 Å². The molecule has 1 amide bonds. The van der Waals surface area contributed by atoms with Crippen molar-refractivity contribution in [1.29, 1.82) is 0 Å². The zero-order valence-electron chi connectivity index (χ0n) is 17.8. The van der Waals surface area contributed by atoms with E-state index in [0.717, 1.165) is 29.7 Å². The van der Waals surface area contributed by atoms with Crippen LogP contribution < -0.4 is 4.74 Å². The van der Waals surface area contributed by atoms with Gasteiger partial charge in [-0.1, -0.05) is 24.3 Å². The van der Waals surface area contributed by atoms with Crippen LogP contribution in [0.2, 0.25) is 0 Å². The Balaban J connectivity index is 1.87. The largest absolute Gasteiger partial charge is 0.431 e. The van der Waals surface area contributed by atoms with Crippen LogP contribution in [0.1, 0.15) is 40.0 Å². The highest BCUT2D eigenvalue weighted by atomic mass is 16.6. The second kappa shape index (κ2) is 8.22. The highest BCUT2D eigenvalue weighted by Gasteiger charge is 2.29. The first-order valence-corrected chi connectivity index (χ1v) is 10.2. The van der Waals surface area contributed by atoms with Gasteiger partial charge in [0.25, 0.3) is 5.91 Å². The van der Waals surface area contributed by atoms with Gasteiger partial charge in [0.2, 0.25) is 11.6 Å². The molecular weight excluding hydrogens is 396 g/mol. The fourth-order valence-electron chi connectivity index (χ4n) is 3.80. The molecule has 8 heteroatoms. The maximum Gasteiger partial charge on any atom is 0.311 e. The SMILES string of the molecule is Cc1cccc(-n2nc(C(=O)N3CCCC3)c(C)c2Oc2ccccc2[N+](=O)[O-])c1C. The molecular formula is C23H24N4O4. The number of ether oxygens (including phenoxy) is 1. The van der Waals surface area contributed by atoms with Crippen LogP contribution in [0.5, 0.6) is 11.6 Å². The van der Waals surface area contributed by atoms with E-state index in [1.165, 1.54) is 6.07 Å². The maximum atomic E-state index is 13.1. The van der Waals surface area contributed by atoms with E-state index in [4.69, 9.17) is 4.74 Å². The predicted octanol–water partition coefficient (Wildman–Crippen LogP) is 4.73. The summed E-state index contributed by atoms with van der Waals surface area (Å²) in [5, 5.41) is 16.1. The third-order valence-electron chi connectivity index (χ3n) is 5.74. The number of hydrogen-bond donors (Lipinski definition) is 0. The van der Waals surface area contributed by atoms with Crippen LogP contribution in [0.4, 0.5) is 5.69 Å². The van der Waals surface area contributed by atoms with Gasteiger partial charge in [0.05, 0.1) is 10.6 Å². The molecule has 4 rings (SSSR count). The molecule has 0 bridgehead atoms. The van der Waals surface area contributed by atoms with Gasteiger partial charge in [-0.2, -0.15) is 9.78 Å². The molecule has 1 saturated heterocycles. The molecule has 1 aliphatic heterocycles. The number of amides is 1. The average Bonchev–Trinajstić information content (AvgIpc) is 3.39. The molecule has 0 saturated carbocycles. The number of benzene rings is 2. The number of carbonyl (C=O) groups excluding carboxylic acids is 1. The molecule has 1 aromatic heterocycles. The highest BCUT2D eigenvalue weighted by Crippen LogP contribution is 2.36. The molecule has 0 N–H and O–H groups in total. The van der Waals surface area contributed by atoms with Gasteiger partial charge in [0.15, 0.2) is 5.69 Å². The number of carbonyl (C=O) groups is 1. The molecule has 2 aromatic carbocycles. The van der Waals surface area contributed by atoms with Gasteiger partial charge in [0.1, 0.15) is 0 Å². The minimum atomic E-state index is -0.487. The van der Waals surface area contributed by atoms with E-state index < -0.39 is 4.92 Å². The van der Waals surface area contributed by atoms with E-state index >= 15 is 0 Å². The monoisotopic (exact) mass is 420 g/mol. The lowest BCUT2D eigenvalue weighted by Gasteiger charge is -2.13. The molecule has 31 heavy (non-hydrogen) atoms. The number of hydrogen-bond acceptors (Lipinski definition) is 5. The molecule has 2 heterocycles. The fourth-order valence-corrected chi connectivity index (χ4v) is 3.80. The lowest BCUT2D eigenvalue weighted by atomic mass is 10.1. The third kappa shape index (κ3) is 3.76. The summed E-state index contributed by atoms with van der Waals surface area (Å²) in [6, 6.07) is 12.0. The first kappa shape index (κ1) is 20.6. The summed E-state index contributed by atoms with van der Waals surface area (Å²) in [4.78, 5) is 25.9. The number of aryl methyl sites for hydroxylation is 1. The van der Waals surface area contributed by atoms with E-state index in [1.54, 1.807) is 34.7 Å². The van der Waals surface area contributed by atoms with Crippen LogP contribution in [-0.4, -0.2) is 38.6 Å². The predicted molar refractivity (Wildman–Crippen MR) is 116 cm³/mol. The average molecular weight is 420 g/mol. The van der Waals surface area contributed by atoms with Crippen LogP contribution in [0.3, 0.4) is 0 Å². The van der Waals surface area contributed by atoms with E-state index in [1.807, 2.05) is 32.0 Å². The first-order chi connectivity index (χ1) is 14.9. The maximum absolute atomic E-state index is 13.1. The van der Waals surface area contributed by atoms with Gasteiger partial charge < -0.3 is 9.64 Å². The highest BCUT2D eigenvalue weighted by molar-refractivity contribution is 5.94. The van der Waals surface area contributed by atoms with Crippen molar-refractivity contribution in [3.8, 4) is 17.3 Å². The number of aromatic nitrogens is 2. The second-order valence-electron chi connectivity index (χ2n) is 7.74. The Kier molecular flexibility index (Phi) is 5.46. The Labute approximate surface area is 180 Å². The number of rotatable bonds is 5. The molecule has 0 spiro atoms. The van der Waals surface area contributed by atoms with Crippen LogP contribution in [0, 0.1) is 30.9 Å². The Hall–Kier alpha value is -3.68. The molecule has 8 nitrogen and oxygen atoms in total. The molecule has 0 atom stereocenters. The number of nitro groups is 1. The number of para-hydroxylation sites is 2. The smallest absolute Gasteiger partial charge is 0.311 e. The third-order valence-corrected chi connectivity index (χ3v) is 5.74. The molecule has 1 aliphatic rings. The Bertz CT molecular complexity index is 1160. The van der Waals surface area contributed by atoms with Crippen molar-refractivity contribution < 1.29 is 14.5 Å². The fraction of sp³-hybridized carbons (Fsp3) is 0.304. The van der Waals surface area contributed by atoms with Crippen LogP contribution in [-0.2, 0) is 0 Å². The minimum Gasteiger partial charge on any atom is -0.431 e. The van der Waals surface area contributed by atoms with Crippen molar-refractivity contribution in [3.05, 3.63) is 75.0 Å². The topological polar surface area (TPSA) is 90.5 Å². The summed E-state index contributed by atoms with van der Waals surface area (Å²) >= 11 is 0. The normalized spacial score (nSPS) is 13.5. The van der Waals surface area contributed by atoms with Gasteiger partial charge in [-0.25, -0.2) is 0 Å². The standard InChI is InChI=1S/C23H24N4O4/c1-15-9-8-11-18(16(15)2)26-23(31-20-12-5-4-10-19(20)27(29)30)17(3)21(24-26)22(28)25-13-6-7-14-25/h4-5,8-12H,6-7,13-14H2,1-3H3. The quantitative estimate of drug-likeness (QED) is 0.439. The van der Waals surface area contributed by atoms with Gasteiger partial charge in [0, 0.05) is 24.7 Å². The van der Waals surface area contributed by atoms with Gasteiger partial charge in [-0.05, 0) is 56.9 Å². The van der Waals surface area contributed by atoms with E-state index in [-0.39, 0.29) is 17.3 Å². The van der Waals surface area contributed by atoms with Gasteiger partial charge in [-0.15, -0.1) is 0 Å². The summed E-state index contributed by atoms with van der Waals surface area (Å²) in [5.41, 5.74) is 3.51. The Morgan fingerprint density at radius 3 is 2.45 bits per heavy atom. The molecule has 0 radical (unpaired) electrons. The second-order valence-corrected chi connectivity index (χ2v) is 7.74. The Morgan fingerprint density at radius 2 is 1.74 bits per heavy atom. The lowest BCUT2D eigenvalue weighted by molar-refractivity contribution is -0.385. The molecule has 1 fully saturated rings. The van der Waals surface area contributed by atoms with E-state index in [0.29, 0.717) is 30.2 Å². The lowest BCUT2D eigenvalue weighted by Crippen LogP contribution is -2.28. The zero-order chi connectivity index (χ0) is 22.1. The summed E-state index contributed by atoms with van der Waals surface area (Å²) in [7, 11) is 0. The van der Waals surface area contributed by atoms with Crippen molar-refractivity contribution in [2.75, 3.05) is 13.1 Å². The summed E-state index contributed by atoms with van der Waals surface area (Å²) in [6.07, 6.45) is 1.95. The Morgan fingerprint density at radius 1 is 1.03 bits per heavy atom. The first-order valence-electron chi connectivity index (χ1n) is 10.2. The summed E-state index contributed by atoms with van der Waals surface area (Å²) in [5.74, 6) is 0.249. The van der Waals surface area contributed by atoms with Crippen LogP contribution >= 0.6 is 0 Å². The molecule has 3 aromatic rings. The molecule has 0 aliphatic carbocycles. The number of nitrogens with zero attached hydrogens (tertiary/aromatic N) is 4. The summed E-state index contributed by atoms with van der Waals surface area (Å²) in [6.45, 7) is 7.14. The molecule has 160 valence electrons. The van der Waals surface area contributed by atoms with Crippen LogP contribution in [0.15, 0.2) is 42.5 Å². The molecule has 0 unspecified atom stereocenters. The minimum absolute atomic E-state index is 0.0993. The van der Waals surface area contributed by atoms with Gasteiger partial charge in [-0.3, -0.25) is 14.9 Å². The van der Waals surface area contributed by atoms with Crippen molar-refractivity contribution in [2.24, 2.45) is 0 Å². The van der Waals surface area contributed by atoms with Crippen molar-refractivity contribution in [3.63, 3.8) is 0 Å². The van der Waals surface area contributed by atoms with Crippen molar-refractivity contribution >= 4 is 11.6 Å². The number of likely N-dealkylation sites (tertiary alicyclic amines) is 1.